The SMILES string of the molecule is Nc1nc2c(ncn2[C@@H]2O[C@H](COP(=O)(O)OP(=O)(O)OC(=O)CCCCCNC(=O)CCCCC3SCC4NC(=O)NC43)[C@H](O)C2O)c(=O)[nH]1. The van der Waals surface area contributed by atoms with Crippen molar-refractivity contribution in [3.63, 3.8) is 0 Å². The highest BCUT2D eigenvalue weighted by molar-refractivity contribution is 8.00. The highest BCUT2D eigenvalue weighted by atomic mass is 32.2. The highest BCUT2D eigenvalue weighted by Crippen LogP contribution is 2.60. The van der Waals surface area contributed by atoms with E-state index in [1.807, 2.05) is 11.8 Å². The number of rotatable bonds is 18. The fourth-order valence-corrected chi connectivity index (χ4v) is 9.49. The minimum atomic E-state index is -5.44. The van der Waals surface area contributed by atoms with Crippen LogP contribution in [0.2, 0.25) is 0 Å². The van der Waals surface area contributed by atoms with E-state index < -0.39 is 58.3 Å². The summed E-state index contributed by atoms with van der Waals surface area (Å²) in [5.74, 6) is -0.669. The van der Waals surface area contributed by atoms with Crippen molar-refractivity contribution in [1.82, 2.24) is 35.5 Å². The lowest BCUT2D eigenvalue weighted by Gasteiger charge is -2.19. The minimum absolute atomic E-state index is 0.0877. The molecule has 0 spiro atoms. The Kier molecular flexibility index (Phi) is 12.8. The van der Waals surface area contributed by atoms with Crippen LogP contribution in [0.4, 0.5) is 10.7 Å². The van der Waals surface area contributed by atoms with Gasteiger partial charge in [-0.05, 0) is 25.7 Å². The van der Waals surface area contributed by atoms with Gasteiger partial charge in [0.2, 0.25) is 11.9 Å². The number of nitrogens with one attached hydrogen (secondary N) is 4. The Balaban J connectivity index is 0.941. The van der Waals surface area contributed by atoms with Crippen LogP contribution in [0.25, 0.3) is 11.2 Å². The fourth-order valence-electron chi connectivity index (χ4n) is 5.90. The first kappa shape index (κ1) is 39.1. The lowest BCUT2D eigenvalue weighted by Crippen LogP contribution is -2.36. The number of urea groups is 1. The number of nitrogens with zero attached hydrogens (tertiary/aromatic N) is 3. The Bertz CT molecular complexity index is 1750. The quantitative estimate of drug-likeness (QED) is 0.0523. The largest absolute Gasteiger partial charge is 0.538 e. The molecule has 5 rings (SSSR count). The zero-order valence-electron chi connectivity index (χ0n) is 27.0. The van der Waals surface area contributed by atoms with Crippen molar-refractivity contribution in [3.05, 3.63) is 16.7 Å². The van der Waals surface area contributed by atoms with Crippen LogP contribution in [0, 0.1) is 0 Å². The normalized spacial score (nSPS) is 28.1. The molecule has 10 N–H and O–H groups in total. The number of aliphatic hydroxyl groups excluding tert-OH is 2. The van der Waals surface area contributed by atoms with Crippen molar-refractivity contribution < 1.29 is 61.6 Å². The third-order valence-electron chi connectivity index (χ3n) is 8.35. The summed E-state index contributed by atoms with van der Waals surface area (Å²) in [7, 11) is -10.8. The van der Waals surface area contributed by atoms with Gasteiger partial charge in [-0.15, -0.1) is 0 Å². The lowest BCUT2D eigenvalue weighted by molar-refractivity contribution is -0.135. The maximum Gasteiger partial charge on any atom is 0.538 e. The number of aliphatic hydroxyl groups is 2. The summed E-state index contributed by atoms with van der Waals surface area (Å²) < 4.78 is 44.4. The molecule has 0 aromatic carbocycles. The molecule has 2 aromatic heterocycles. The number of carbonyl (C=O) groups excluding carboxylic acids is 3. The van der Waals surface area contributed by atoms with Crippen LogP contribution in [0.15, 0.2) is 11.1 Å². The third kappa shape index (κ3) is 10.3. The van der Waals surface area contributed by atoms with Gasteiger partial charge in [0.05, 0.1) is 25.0 Å². The zero-order valence-corrected chi connectivity index (χ0v) is 29.6. The second-order valence-corrected chi connectivity index (χ2v) is 16.4. The maximum atomic E-state index is 12.4. The van der Waals surface area contributed by atoms with Crippen LogP contribution < -0.4 is 27.2 Å². The number of phosphoric acid groups is 2. The number of hydrogen-bond donors (Lipinski definition) is 9. The van der Waals surface area contributed by atoms with Crippen LogP contribution in [-0.2, 0) is 36.8 Å². The second-order valence-electron chi connectivity index (χ2n) is 12.1. The standard InChI is InChI=1S/C26H40N8O14P2S/c27-25-32-22-19(23(39)33-25)29-12-34(22)24-21(38)20(37)14(46-24)10-45-49(41,42)48-50(43,44)47-17(36)8-2-1-5-9-28-16(35)7-4-3-6-15-18-13(11-51-15)30-26(40)31-18/h12-15,18,20-21,24,37-38H,1-11H2,(H,28,35)(H,41,42)(H,43,44)(H2,30,31,40)(H3,27,32,33,39)/t13?,14-,15?,18?,20+,21?,24-/m1/s1. The van der Waals surface area contributed by atoms with E-state index in [0.29, 0.717) is 37.5 Å². The summed E-state index contributed by atoms with van der Waals surface area (Å²) >= 11 is 1.82. The average molecular weight is 783 g/mol. The van der Waals surface area contributed by atoms with E-state index in [9.17, 15) is 48.3 Å². The smallest absolute Gasteiger partial charge is 0.387 e. The number of ether oxygens (including phenoxy) is 1. The number of nitrogens with two attached hydrogens (primary N) is 1. The molecule has 3 aliphatic rings. The van der Waals surface area contributed by atoms with Gasteiger partial charge in [-0.1, -0.05) is 12.8 Å². The molecule has 51 heavy (non-hydrogen) atoms. The molecule has 2 aromatic rings. The monoisotopic (exact) mass is 782 g/mol. The molecule has 0 bridgehead atoms. The molecule has 0 radical (unpaired) electrons. The number of aromatic nitrogens is 4. The van der Waals surface area contributed by atoms with Gasteiger partial charge in [-0.2, -0.15) is 21.1 Å². The predicted molar refractivity (Wildman–Crippen MR) is 177 cm³/mol. The van der Waals surface area contributed by atoms with Crippen molar-refractivity contribution in [1.29, 1.82) is 0 Å². The van der Waals surface area contributed by atoms with Crippen molar-refractivity contribution in [2.75, 3.05) is 24.6 Å². The molecule has 5 heterocycles. The molecule has 3 amide bonds. The van der Waals surface area contributed by atoms with E-state index in [1.54, 1.807) is 0 Å². The summed E-state index contributed by atoms with van der Waals surface area (Å²) in [5, 5.41) is 29.9. The molecule has 3 fully saturated rings. The maximum absolute atomic E-state index is 12.4. The summed E-state index contributed by atoms with van der Waals surface area (Å²) in [5.41, 5.74) is 4.66. The number of carbonyl (C=O) groups is 3. The minimum Gasteiger partial charge on any atom is -0.387 e. The molecule has 6 unspecified atom stereocenters. The van der Waals surface area contributed by atoms with E-state index in [0.717, 1.165) is 29.5 Å². The van der Waals surface area contributed by atoms with Gasteiger partial charge in [0.25, 0.3) is 5.56 Å². The van der Waals surface area contributed by atoms with Gasteiger partial charge in [0, 0.05) is 30.4 Å². The fraction of sp³-hybridized carbons (Fsp3) is 0.692. The Hall–Kier alpha value is -3.11. The van der Waals surface area contributed by atoms with Crippen molar-refractivity contribution in [2.24, 2.45) is 0 Å². The van der Waals surface area contributed by atoms with E-state index >= 15 is 0 Å². The number of H-pyrrole nitrogens is 1. The molecule has 0 saturated carbocycles. The third-order valence-corrected chi connectivity index (χ3v) is 12.4. The number of hydrogen-bond acceptors (Lipinski definition) is 16. The zero-order chi connectivity index (χ0) is 36.9. The predicted octanol–water partition coefficient (Wildman–Crippen LogP) is -0.499. The number of nitrogen functional groups attached to an aromatic ring is 1. The number of thioether (sulfide) groups is 1. The van der Waals surface area contributed by atoms with E-state index in [-0.39, 0.29) is 54.0 Å². The van der Waals surface area contributed by atoms with Crippen molar-refractivity contribution in [2.45, 2.75) is 93.2 Å². The summed E-state index contributed by atoms with van der Waals surface area (Å²) in [6.45, 7) is -0.573. The van der Waals surface area contributed by atoms with Gasteiger partial charge < -0.3 is 46.1 Å². The second kappa shape index (κ2) is 16.7. The number of amides is 3. The van der Waals surface area contributed by atoms with E-state index in [1.165, 1.54) is 0 Å². The molecule has 284 valence electrons. The number of phosphoric ester groups is 2. The van der Waals surface area contributed by atoms with Gasteiger partial charge >= 0.3 is 27.6 Å². The summed E-state index contributed by atoms with van der Waals surface area (Å²) in [6, 6.07) is 0.167. The summed E-state index contributed by atoms with van der Waals surface area (Å²) in [4.78, 5) is 77.6. The number of unbranched alkanes of at least 4 members (excludes halogenated alkanes) is 3. The lowest BCUT2D eigenvalue weighted by atomic mass is 10.0. The molecule has 0 aliphatic carbocycles. The van der Waals surface area contributed by atoms with Gasteiger partial charge in [-0.3, -0.25) is 33.4 Å². The molecule has 3 aliphatic heterocycles. The number of anilines is 1. The average Bonchev–Trinajstić information content (AvgIpc) is 3.79. The van der Waals surface area contributed by atoms with E-state index in [2.05, 4.69) is 44.3 Å². The van der Waals surface area contributed by atoms with Crippen molar-refractivity contribution >= 4 is 62.4 Å². The Labute approximate surface area is 293 Å². The Morgan fingerprint density at radius 1 is 1.08 bits per heavy atom. The van der Waals surface area contributed by atoms with Crippen LogP contribution in [0.3, 0.4) is 0 Å². The topological polar surface area (TPSA) is 329 Å². The molecular weight excluding hydrogens is 742 g/mol. The molecule has 3 saturated heterocycles. The first-order valence-corrected chi connectivity index (χ1v) is 20.1. The summed E-state index contributed by atoms with van der Waals surface area (Å²) in [6.07, 6.45) is -1.45. The first-order valence-electron chi connectivity index (χ1n) is 16.1. The van der Waals surface area contributed by atoms with Crippen LogP contribution >= 0.6 is 27.4 Å². The van der Waals surface area contributed by atoms with Crippen LogP contribution in [0.5, 0.6) is 0 Å². The van der Waals surface area contributed by atoms with Gasteiger partial charge in [0.1, 0.15) is 18.3 Å². The number of fused-ring (bicyclic) bond motifs is 2. The number of imidazole rings is 1. The number of aromatic amines is 1. The van der Waals surface area contributed by atoms with Crippen LogP contribution in [-0.4, -0.2) is 112 Å². The van der Waals surface area contributed by atoms with Gasteiger partial charge in [-0.25, -0.2) is 18.9 Å². The molecular formula is C26H40N8O14P2S. The first-order chi connectivity index (χ1) is 24.1. The van der Waals surface area contributed by atoms with Gasteiger partial charge in [0.15, 0.2) is 17.4 Å². The Morgan fingerprint density at radius 3 is 2.63 bits per heavy atom. The van der Waals surface area contributed by atoms with Crippen molar-refractivity contribution in [3.8, 4) is 0 Å². The Morgan fingerprint density at radius 2 is 1.84 bits per heavy atom. The highest BCUT2D eigenvalue weighted by Gasteiger charge is 2.47. The molecule has 22 nitrogen and oxygen atoms in total. The van der Waals surface area contributed by atoms with Crippen LogP contribution in [0.1, 0.15) is 57.6 Å². The molecule has 25 heteroatoms. The molecule has 9 atom stereocenters. The van der Waals surface area contributed by atoms with E-state index in [4.69, 9.17) is 10.5 Å².